The molecule has 144 valence electrons. The van der Waals surface area contributed by atoms with Crippen LogP contribution in [0.15, 0.2) is 36.7 Å². The number of fused-ring (bicyclic) bond motifs is 4. The fourth-order valence-electron chi connectivity index (χ4n) is 4.66. The SMILES string of the molecule is CCCCN1c2cccnc2-n2cccc2C12CCN(C(=O)CC(C)C)C2. The monoisotopic (exact) mass is 366 g/mol. The smallest absolute Gasteiger partial charge is 0.222 e. The third-order valence-electron chi connectivity index (χ3n) is 5.95. The van der Waals surface area contributed by atoms with Crippen molar-refractivity contribution in [3.8, 4) is 5.82 Å². The number of hydrogen-bond donors (Lipinski definition) is 0. The summed E-state index contributed by atoms with van der Waals surface area (Å²) in [6, 6.07) is 8.53. The number of unbranched alkanes of at least 4 members (excludes halogenated alkanes) is 1. The highest BCUT2D eigenvalue weighted by atomic mass is 16.2. The molecule has 0 aromatic carbocycles. The summed E-state index contributed by atoms with van der Waals surface area (Å²) in [5, 5.41) is 0. The van der Waals surface area contributed by atoms with Gasteiger partial charge in [-0.2, -0.15) is 0 Å². The Bertz CT molecular complexity index is 827. The minimum atomic E-state index is -0.151. The van der Waals surface area contributed by atoms with Crippen molar-refractivity contribution < 1.29 is 4.79 Å². The van der Waals surface area contributed by atoms with E-state index in [0.29, 0.717) is 12.3 Å². The summed E-state index contributed by atoms with van der Waals surface area (Å²) in [4.78, 5) is 22.1. The Hall–Kier alpha value is -2.30. The molecule has 2 aliphatic rings. The van der Waals surface area contributed by atoms with Crippen molar-refractivity contribution in [3.63, 3.8) is 0 Å². The number of rotatable bonds is 5. The van der Waals surface area contributed by atoms with Gasteiger partial charge in [0.15, 0.2) is 5.82 Å². The molecule has 1 atom stereocenters. The minimum absolute atomic E-state index is 0.151. The van der Waals surface area contributed by atoms with Gasteiger partial charge in [0.25, 0.3) is 0 Å². The van der Waals surface area contributed by atoms with Gasteiger partial charge in [0.05, 0.1) is 11.4 Å². The Balaban J connectivity index is 1.76. The summed E-state index contributed by atoms with van der Waals surface area (Å²) in [6.45, 7) is 9.05. The molecule has 0 N–H and O–H groups in total. The zero-order valence-electron chi connectivity index (χ0n) is 16.7. The van der Waals surface area contributed by atoms with Crippen molar-refractivity contribution in [1.29, 1.82) is 0 Å². The normalized spacial score (nSPS) is 21.0. The van der Waals surface area contributed by atoms with Crippen molar-refractivity contribution in [3.05, 3.63) is 42.4 Å². The number of nitrogens with zero attached hydrogens (tertiary/aromatic N) is 4. The van der Waals surface area contributed by atoms with Crippen LogP contribution in [0.1, 0.15) is 52.1 Å². The average molecular weight is 367 g/mol. The van der Waals surface area contributed by atoms with Crippen LogP contribution in [0.3, 0.4) is 0 Å². The van der Waals surface area contributed by atoms with Crippen molar-refractivity contribution >= 4 is 11.6 Å². The van der Waals surface area contributed by atoms with Crippen LogP contribution in [-0.4, -0.2) is 40.0 Å². The van der Waals surface area contributed by atoms with E-state index in [4.69, 9.17) is 0 Å². The predicted octanol–water partition coefficient (Wildman–Crippen LogP) is 3.97. The van der Waals surface area contributed by atoms with E-state index in [1.807, 2.05) is 12.3 Å². The first kappa shape index (κ1) is 18.1. The molecule has 2 aromatic rings. The molecule has 5 heteroatoms. The molecule has 1 amide bonds. The first-order valence-corrected chi connectivity index (χ1v) is 10.3. The van der Waals surface area contributed by atoms with Gasteiger partial charge in [-0.1, -0.05) is 27.2 Å². The van der Waals surface area contributed by atoms with E-state index in [1.54, 1.807) is 0 Å². The summed E-state index contributed by atoms with van der Waals surface area (Å²) >= 11 is 0. The van der Waals surface area contributed by atoms with Crippen molar-refractivity contribution in [2.24, 2.45) is 5.92 Å². The first-order valence-electron chi connectivity index (χ1n) is 10.3. The van der Waals surface area contributed by atoms with Gasteiger partial charge in [-0.05, 0) is 43.0 Å². The van der Waals surface area contributed by atoms with E-state index in [9.17, 15) is 4.79 Å². The maximum Gasteiger partial charge on any atom is 0.222 e. The third-order valence-corrected chi connectivity index (χ3v) is 5.95. The number of pyridine rings is 1. The van der Waals surface area contributed by atoms with E-state index >= 15 is 0 Å². The number of hydrogen-bond acceptors (Lipinski definition) is 3. The van der Waals surface area contributed by atoms with Crippen LogP contribution in [0.25, 0.3) is 5.82 Å². The second kappa shape index (κ2) is 7.02. The molecule has 4 heterocycles. The highest BCUT2D eigenvalue weighted by Gasteiger charge is 2.50. The van der Waals surface area contributed by atoms with Crippen molar-refractivity contribution in [2.75, 3.05) is 24.5 Å². The zero-order valence-corrected chi connectivity index (χ0v) is 16.7. The number of carbonyl (C=O) groups is 1. The lowest BCUT2D eigenvalue weighted by molar-refractivity contribution is -0.131. The summed E-state index contributed by atoms with van der Waals surface area (Å²) in [5.41, 5.74) is 2.30. The van der Waals surface area contributed by atoms with Crippen LogP contribution < -0.4 is 4.90 Å². The van der Waals surface area contributed by atoms with Crippen LogP contribution in [0.2, 0.25) is 0 Å². The van der Waals surface area contributed by atoms with Gasteiger partial charge < -0.3 is 14.4 Å². The molecule has 0 aliphatic carbocycles. The summed E-state index contributed by atoms with van der Waals surface area (Å²) in [7, 11) is 0. The summed E-state index contributed by atoms with van der Waals surface area (Å²) in [6.07, 6.45) is 7.86. The molecule has 1 spiro atoms. The standard InChI is InChI=1S/C22H30N4O/c1-4-5-13-26-18-8-6-11-23-21(18)25-12-7-9-19(25)22(26)10-14-24(16-22)20(27)15-17(2)3/h6-9,11-12,17H,4-5,10,13-16H2,1-3H3. The minimum Gasteiger partial charge on any atom is -0.355 e. The van der Waals surface area contributed by atoms with Crippen LogP contribution in [0, 0.1) is 5.92 Å². The lowest BCUT2D eigenvalue weighted by Crippen LogP contribution is -2.53. The number of anilines is 1. The second-order valence-electron chi connectivity index (χ2n) is 8.31. The molecular formula is C22H30N4O. The molecule has 1 saturated heterocycles. The maximum atomic E-state index is 12.8. The Kier molecular flexibility index (Phi) is 4.70. The highest BCUT2D eigenvalue weighted by Crippen LogP contribution is 2.47. The Morgan fingerprint density at radius 3 is 2.93 bits per heavy atom. The van der Waals surface area contributed by atoms with Crippen molar-refractivity contribution in [1.82, 2.24) is 14.5 Å². The lowest BCUT2D eigenvalue weighted by atomic mass is 9.88. The molecule has 1 unspecified atom stereocenters. The molecule has 1 fully saturated rings. The lowest BCUT2D eigenvalue weighted by Gasteiger charge is -2.47. The molecule has 0 saturated carbocycles. The molecule has 4 rings (SSSR count). The molecule has 5 nitrogen and oxygen atoms in total. The van der Waals surface area contributed by atoms with Crippen LogP contribution in [-0.2, 0) is 10.3 Å². The quantitative estimate of drug-likeness (QED) is 0.804. The van der Waals surface area contributed by atoms with Crippen LogP contribution in [0.5, 0.6) is 0 Å². The maximum absolute atomic E-state index is 12.8. The van der Waals surface area contributed by atoms with E-state index in [-0.39, 0.29) is 11.4 Å². The van der Waals surface area contributed by atoms with Crippen molar-refractivity contribution in [2.45, 2.75) is 52.0 Å². The van der Waals surface area contributed by atoms with Gasteiger partial charge in [0, 0.05) is 38.4 Å². The topological polar surface area (TPSA) is 41.4 Å². The molecule has 27 heavy (non-hydrogen) atoms. The number of carbonyl (C=O) groups excluding carboxylic acids is 1. The number of likely N-dealkylation sites (tertiary alicyclic amines) is 1. The van der Waals surface area contributed by atoms with Gasteiger partial charge in [0.2, 0.25) is 5.91 Å². The Labute approximate surface area is 162 Å². The van der Waals surface area contributed by atoms with Gasteiger partial charge in [-0.3, -0.25) is 4.79 Å². The fourth-order valence-corrected chi connectivity index (χ4v) is 4.66. The molecule has 2 aliphatic heterocycles. The van der Waals surface area contributed by atoms with E-state index in [2.05, 4.69) is 64.5 Å². The summed E-state index contributed by atoms with van der Waals surface area (Å²) in [5.74, 6) is 1.68. The van der Waals surface area contributed by atoms with E-state index in [0.717, 1.165) is 44.7 Å². The van der Waals surface area contributed by atoms with Gasteiger partial charge in [-0.15, -0.1) is 0 Å². The van der Waals surface area contributed by atoms with Gasteiger partial charge in [0.1, 0.15) is 5.54 Å². The van der Waals surface area contributed by atoms with Gasteiger partial charge in [-0.25, -0.2) is 4.98 Å². The molecule has 2 aromatic heterocycles. The van der Waals surface area contributed by atoms with Gasteiger partial charge >= 0.3 is 0 Å². The van der Waals surface area contributed by atoms with Crippen LogP contribution in [0.4, 0.5) is 5.69 Å². The predicted molar refractivity (Wildman–Crippen MR) is 108 cm³/mol. The Morgan fingerprint density at radius 2 is 2.15 bits per heavy atom. The molecule has 0 bridgehead atoms. The highest BCUT2D eigenvalue weighted by molar-refractivity contribution is 5.77. The Morgan fingerprint density at radius 1 is 1.30 bits per heavy atom. The van der Waals surface area contributed by atoms with E-state index < -0.39 is 0 Å². The third kappa shape index (κ3) is 2.93. The second-order valence-corrected chi connectivity index (χ2v) is 8.31. The first-order chi connectivity index (χ1) is 13.1. The zero-order chi connectivity index (χ0) is 19.0. The number of amides is 1. The molecule has 0 radical (unpaired) electrons. The van der Waals surface area contributed by atoms with E-state index in [1.165, 1.54) is 11.4 Å². The average Bonchev–Trinajstić information content (AvgIpc) is 3.30. The molecular weight excluding hydrogens is 336 g/mol. The fraction of sp³-hybridized carbons (Fsp3) is 0.545. The summed E-state index contributed by atoms with van der Waals surface area (Å²) < 4.78 is 2.23. The van der Waals surface area contributed by atoms with Crippen LogP contribution >= 0.6 is 0 Å². The largest absolute Gasteiger partial charge is 0.355 e. The number of aromatic nitrogens is 2.